The number of piperidine rings is 1. The van der Waals surface area contributed by atoms with Crippen LogP contribution in [0, 0.1) is 37.9 Å². The summed E-state index contributed by atoms with van der Waals surface area (Å²) in [5, 5.41) is 48.7. The normalized spacial score (nSPS) is 16.2. The number of rotatable bonds is 1. The molecule has 7 rings (SSSR count). The van der Waals surface area contributed by atoms with E-state index in [1.54, 1.807) is 25.8 Å². The van der Waals surface area contributed by atoms with Crippen molar-refractivity contribution in [2.24, 2.45) is 25.7 Å². The van der Waals surface area contributed by atoms with E-state index < -0.39 is 0 Å². The van der Waals surface area contributed by atoms with Crippen LogP contribution < -0.4 is 5.73 Å². The van der Waals surface area contributed by atoms with Gasteiger partial charge < -0.3 is 54.7 Å². The van der Waals surface area contributed by atoms with Crippen LogP contribution in [0.5, 0.6) is 0 Å². The Hall–Kier alpha value is -5.83. The third-order valence-electron chi connectivity index (χ3n) is 12.5. The molecule has 0 aromatic carbocycles. The smallest absolute Gasteiger partial charge is 0.0956 e. The average Bonchev–Trinajstić information content (AvgIpc) is 4.27. The number of likely N-dealkylation sites (N-methyl/N-ethyl adjacent to an activating group) is 1. The Morgan fingerprint density at radius 2 is 0.750 bits per heavy atom. The van der Waals surface area contributed by atoms with Gasteiger partial charge in [0.25, 0.3) is 0 Å². The molecule has 6 fully saturated rings. The Labute approximate surface area is 464 Å². The lowest BCUT2D eigenvalue weighted by Crippen LogP contribution is -2.40. The van der Waals surface area contributed by atoms with E-state index in [9.17, 15) is 0 Å². The molecule has 76 heavy (non-hydrogen) atoms. The highest BCUT2D eigenvalue weighted by Gasteiger charge is 2.18. The predicted octanol–water partition coefficient (Wildman–Crippen LogP) is 7.00. The monoisotopic (exact) mass is 1070 g/mol. The van der Waals surface area contributed by atoms with Crippen LogP contribution in [0.15, 0.2) is 20.0 Å². The van der Waals surface area contributed by atoms with E-state index in [1.165, 1.54) is 95.6 Å². The molecule has 0 atom stereocenters. The number of hydrogen-bond donors (Lipinski definition) is 8. The highest BCUT2D eigenvalue weighted by molar-refractivity contribution is 5.82. The summed E-state index contributed by atoms with van der Waals surface area (Å²) in [6.45, 7) is 39.3. The van der Waals surface area contributed by atoms with Crippen LogP contribution in [-0.4, -0.2) is 275 Å². The van der Waals surface area contributed by atoms with Crippen molar-refractivity contribution in [2.75, 3.05) is 162 Å². The van der Waals surface area contributed by atoms with Crippen LogP contribution in [0.4, 0.5) is 0 Å². The summed E-state index contributed by atoms with van der Waals surface area (Å²) in [7, 11) is 17.1. The number of aliphatic imine (C=N–C) groups is 4. The first-order valence-electron chi connectivity index (χ1n) is 27.1. The van der Waals surface area contributed by atoms with Crippen molar-refractivity contribution in [3.05, 3.63) is 0 Å². The van der Waals surface area contributed by atoms with E-state index in [0.29, 0.717) is 23.3 Å². The van der Waals surface area contributed by atoms with Crippen molar-refractivity contribution < 1.29 is 0 Å². The first kappa shape index (κ1) is 76.7. The third kappa shape index (κ3) is 46.7. The highest BCUT2D eigenvalue weighted by Crippen LogP contribution is 2.09. The van der Waals surface area contributed by atoms with E-state index in [1.807, 2.05) is 119 Å². The van der Waals surface area contributed by atoms with Gasteiger partial charge in [0.15, 0.2) is 0 Å². The molecule has 7 aliphatic heterocycles. The molecule has 0 saturated carbocycles. The van der Waals surface area contributed by atoms with Crippen LogP contribution in [-0.2, 0) is 0 Å². The zero-order valence-corrected chi connectivity index (χ0v) is 52.4. The lowest BCUT2D eigenvalue weighted by atomic mass is 10.1. The fourth-order valence-corrected chi connectivity index (χ4v) is 5.70. The van der Waals surface area contributed by atoms with Crippen molar-refractivity contribution in [1.29, 1.82) is 37.9 Å². The number of nitrogens with zero attached hydrogens (tertiary/aromatic N) is 14. The maximum Gasteiger partial charge on any atom is 0.0956 e. The Bertz CT molecular complexity index is 1690. The second-order valence-corrected chi connectivity index (χ2v) is 19.6. The summed E-state index contributed by atoms with van der Waals surface area (Å²) in [5.74, 6) is 8.83. The van der Waals surface area contributed by atoms with Gasteiger partial charge in [0.1, 0.15) is 0 Å². The minimum atomic E-state index is 0.167. The largest absolute Gasteiger partial charge is 0.388 e. The maximum absolute atomic E-state index is 7.31. The molecule has 0 aromatic heterocycles. The minimum absolute atomic E-state index is 0.167. The van der Waals surface area contributed by atoms with Gasteiger partial charge in [0.05, 0.1) is 70.7 Å². The molecule has 22 heteroatoms. The number of amidine groups is 11. The molecule has 0 unspecified atom stereocenters. The van der Waals surface area contributed by atoms with Gasteiger partial charge in [-0.05, 0) is 128 Å². The third-order valence-corrected chi connectivity index (χ3v) is 12.5. The van der Waals surface area contributed by atoms with Crippen molar-refractivity contribution in [3.63, 3.8) is 0 Å². The van der Waals surface area contributed by atoms with Gasteiger partial charge in [0, 0.05) is 155 Å². The summed E-state index contributed by atoms with van der Waals surface area (Å²) in [6.07, 6.45) is 9.06. The molecule has 0 aliphatic carbocycles. The standard InChI is InChI=1S/C7H14N2.2C6H12N2.3C5H10N2.2C5H12N2.C4H8N2.C4H10N2.C2H6N2/c1-7(8)9-5-3-2-4-6-9;1-6(7-2)8-4-3-5-8;1-6(7)8-4-2-3-5-8;1-5-6-3-4-7(5)2;1-5(6-2)7-3-4-7;1-5(6)7-3-2-4-7;1-5(6-2)7(3)4;1-4-7(3)5(2)6;1-4(5)6-2-3-6;1-4(5)6(2)3;1-2(3)4/h8H,2-6H2,1H3;3-5H2,1-2H3;7H,2-5H2,1H3;2*3-4H2,1-2H3;6H,2-4H2,1H3;1-4H3;6H,4H2,1-3H3;5H,2-3H2,1H3;5H,1-3H3;1H3,(H3,3,4). The van der Waals surface area contributed by atoms with Crippen LogP contribution in [0.25, 0.3) is 0 Å². The van der Waals surface area contributed by atoms with E-state index in [-0.39, 0.29) is 5.84 Å². The minimum Gasteiger partial charge on any atom is -0.388 e. The summed E-state index contributed by atoms with van der Waals surface area (Å²) < 4.78 is 0. The van der Waals surface area contributed by atoms with Gasteiger partial charge >= 0.3 is 0 Å². The number of nitrogens with two attached hydrogens (primary N) is 1. The molecule has 6 saturated heterocycles. The number of likely N-dealkylation sites (tertiary alicyclic amines) is 4. The molecular formula is C54H116N22. The predicted molar refractivity (Wildman–Crippen MR) is 333 cm³/mol. The molecule has 0 spiro atoms. The molecule has 7 aliphatic rings. The quantitative estimate of drug-likeness (QED) is 0.0752. The molecule has 0 aromatic rings. The topological polar surface area (TPSA) is 274 Å². The zero-order chi connectivity index (χ0) is 59.5. The van der Waals surface area contributed by atoms with Crippen LogP contribution >= 0.6 is 0 Å². The Morgan fingerprint density at radius 1 is 0.461 bits per heavy atom. The number of hydrogen-bond acceptors (Lipinski definition) is 12. The van der Waals surface area contributed by atoms with Gasteiger partial charge in [-0.2, -0.15) is 0 Å². The Morgan fingerprint density at radius 3 is 0.842 bits per heavy atom. The van der Waals surface area contributed by atoms with Crippen molar-refractivity contribution >= 4 is 64.2 Å². The van der Waals surface area contributed by atoms with Gasteiger partial charge in [-0.3, -0.25) is 57.8 Å². The summed E-state index contributed by atoms with van der Waals surface area (Å²) >= 11 is 0. The average molecular weight is 1070 g/mol. The molecule has 0 amide bonds. The lowest BCUT2D eigenvalue weighted by molar-refractivity contribution is 0.296. The second-order valence-electron chi connectivity index (χ2n) is 19.6. The summed E-state index contributed by atoms with van der Waals surface area (Å²) in [4.78, 5) is 36.7. The zero-order valence-electron chi connectivity index (χ0n) is 52.4. The summed E-state index contributed by atoms with van der Waals surface area (Å²) in [6, 6.07) is 0. The van der Waals surface area contributed by atoms with Gasteiger partial charge in [-0.1, -0.05) is 0 Å². The first-order valence-corrected chi connectivity index (χ1v) is 27.1. The van der Waals surface area contributed by atoms with Gasteiger partial charge in [-0.15, -0.1) is 0 Å². The fourth-order valence-electron chi connectivity index (χ4n) is 5.70. The van der Waals surface area contributed by atoms with Crippen molar-refractivity contribution in [1.82, 2.24) is 49.0 Å². The highest BCUT2D eigenvalue weighted by atomic mass is 15.3. The van der Waals surface area contributed by atoms with Gasteiger partial charge in [-0.25, -0.2) is 0 Å². The van der Waals surface area contributed by atoms with E-state index in [2.05, 4.69) is 63.3 Å². The maximum atomic E-state index is 7.31. The fraction of sp³-hybridized carbons (Fsp3) is 0.796. The van der Waals surface area contributed by atoms with Crippen molar-refractivity contribution in [2.45, 2.75) is 128 Å². The number of nitrogens with one attached hydrogen (secondary N) is 7. The van der Waals surface area contributed by atoms with Gasteiger partial charge in [0.2, 0.25) is 0 Å². The van der Waals surface area contributed by atoms with E-state index in [4.69, 9.17) is 43.6 Å². The van der Waals surface area contributed by atoms with Crippen LogP contribution in [0.2, 0.25) is 0 Å². The molecular weight excluding hydrogens is 957 g/mol. The SMILES string of the molecule is CC(=N)N.CC(=N)N(C)C.CC(=N)N1CC1.CC(=N)N1CCC1.CC(=N)N1CCCC1.CC(=N)N1CCCCC1.CC1=NCCN1C.CCN(C)C(C)=N.CN=C(C)N(C)C.CN=C(C)N1CC1.CN=C(C)N1CCC1. The molecule has 0 radical (unpaired) electrons. The lowest BCUT2D eigenvalue weighted by Gasteiger charge is -2.32. The van der Waals surface area contributed by atoms with E-state index >= 15 is 0 Å². The molecule has 7 heterocycles. The van der Waals surface area contributed by atoms with Crippen LogP contribution in [0.1, 0.15) is 128 Å². The van der Waals surface area contributed by atoms with Crippen LogP contribution in [0.3, 0.4) is 0 Å². The van der Waals surface area contributed by atoms with Crippen molar-refractivity contribution in [3.8, 4) is 0 Å². The second kappa shape index (κ2) is 46.5. The molecule has 0 bridgehead atoms. The molecule has 22 nitrogen and oxygen atoms in total. The Balaban J connectivity index is -0.000000377. The first-order chi connectivity index (χ1) is 35.4. The molecule has 9 N–H and O–H groups in total. The Kier molecular flexibility index (Phi) is 46.9. The van der Waals surface area contributed by atoms with E-state index in [0.717, 1.165) is 89.5 Å². The molecule has 442 valence electrons. The summed E-state index contributed by atoms with van der Waals surface area (Å²) in [5.41, 5.74) is 4.69.